The molecule has 0 atom stereocenters. The fourth-order valence-electron chi connectivity index (χ4n) is 2.03. The zero-order valence-corrected chi connectivity index (χ0v) is 10.4. The van der Waals surface area contributed by atoms with Gasteiger partial charge in [0, 0.05) is 30.9 Å². The zero-order valence-electron chi connectivity index (χ0n) is 10.4. The van der Waals surface area contributed by atoms with Gasteiger partial charge in [-0.2, -0.15) is 0 Å². The van der Waals surface area contributed by atoms with Gasteiger partial charge in [0.25, 0.3) is 5.56 Å². The minimum Gasteiger partial charge on any atom is -0.370 e. The summed E-state index contributed by atoms with van der Waals surface area (Å²) in [6.07, 6.45) is 4.08. The van der Waals surface area contributed by atoms with Crippen LogP contribution in [0.5, 0.6) is 0 Å². The van der Waals surface area contributed by atoms with Gasteiger partial charge in [0.1, 0.15) is 0 Å². The molecule has 1 aliphatic rings. The van der Waals surface area contributed by atoms with E-state index in [0.29, 0.717) is 0 Å². The molecule has 0 aromatic carbocycles. The van der Waals surface area contributed by atoms with Crippen molar-refractivity contribution in [3.63, 3.8) is 0 Å². The molecule has 0 unspecified atom stereocenters. The molecule has 0 amide bonds. The van der Waals surface area contributed by atoms with Gasteiger partial charge < -0.3 is 9.47 Å². The number of aromatic nitrogens is 1. The zero-order chi connectivity index (χ0) is 11.7. The third kappa shape index (κ3) is 1.86. The Bertz CT molecular complexity index is 430. The maximum absolute atomic E-state index is 12.1. The molecule has 0 radical (unpaired) electrons. The highest BCUT2D eigenvalue weighted by Crippen LogP contribution is 2.21. The highest BCUT2D eigenvalue weighted by atomic mass is 16.1. The molecule has 2 heterocycles. The van der Waals surface area contributed by atoms with E-state index in [4.69, 9.17) is 0 Å². The third-order valence-corrected chi connectivity index (χ3v) is 3.26. The molecule has 88 valence electrons. The number of rotatable bonds is 3. The summed E-state index contributed by atoms with van der Waals surface area (Å²) in [5, 5.41) is 0. The lowest BCUT2D eigenvalue weighted by Crippen LogP contribution is -2.38. The second kappa shape index (κ2) is 4.32. The summed E-state index contributed by atoms with van der Waals surface area (Å²) in [7, 11) is 0. The molecular weight excluding hydrogens is 200 g/mol. The smallest absolute Gasteiger partial charge is 0.254 e. The lowest BCUT2D eigenvalue weighted by molar-refractivity contribution is 0.562. The second-order valence-electron chi connectivity index (χ2n) is 4.72. The number of aryl methyl sites for hydroxylation is 1. The summed E-state index contributed by atoms with van der Waals surface area (Å²) < 4.78 is 1.85. The lowest BCUT2D eigenvalue weighted by atomic mass is 10.1. The fourth-order valence-corrected chi connectivity index (χ4v) is 2.03. The molecule has 1 aliphatic heterocycles. The first kappa shape index (κ1) is 11.2. The number of pyridine rings is 1. The lowest BCUT2D eigenvalue weighted by Gasteiger charge is -2.34. The van der Waals surface area contributed by atoms with E-state index < -0.39 is 0 Å². The average Bonchev–Trinajstić information content (AvgIpc) is 2.17. The van der Waals surface area contributed by atoms with Crippen molar-refractivity contribution in [1.82, 2.24) is 4.57 Å². The molecule has 0 bridgehead atoms. The van der Waals surface area contributed by atoms with Crippen molar-refractivity contribution < 1.29 is 0 Å². The second-order valence-corrected chi connectivity index (χ2v) is 4.72. The van der Waals surface area contributed by atoms with E-state index >= 15 is 0 Å². The van der Waals surface area contributed by atoms with Gasteiger partial charge in [-0.1, -0.05) is 6.92 Å². The first-order valence-electron chi connectivity index (χ1n) is 6.13. The van der Waals surface area contributed by atoms with Gasteiger partial charge in [0.15, 0.2) is 0 Å². The fraction of sp³-hybridized carbons (Fsp3) is 0.615. The summed E-state index contributed by atoms with van der Waals surface area (Å²) >= 11 is 0. The van der Waals surface area contributed by atoms with Gasteiger partial charge in [-0.05, 0) is 32.8 Å². The first-order chi connectivity index (χ1) is 7.63. The van der Waals surface area contributed by atoms with Crippen molar-refractivity contribution in [3.8, 4) is 0 Å². The summed E-state index contributed by atoms with van der Waals surface area (Å²) in [4.78, 5) is 14.4. The molecule has 0 spiro atoms. The van der Waals surface area contributed by atoms with E-state index in [2.05, 4.69) is 24.8 Å². The Morgan fingerprint density at radius 3 is 2.50 bits per heavy atom. The van der Waals surface area contributed by atoms with Crippen molar-refractivity contribution in [3.05, 3.63) is 28.2 Å². The van der Waals surface area contributed by atoms with Crippen molar-refractivity contribution >= 4 is 5.69 Å². The normalized spacial score (nSPS) is 15.4. The Kier molecular flexibility index (Phi) is 3.03. The average molecular weight is 220 g/mol. The molecule has 16 heavy (non-hydrogen) atoms. The predicted octanol–water partition coefficient (Wildman–Crippen LogP) is 2.20. The number of hydrogen-bond acceptors (Lipinski definition) is 2. The van der Waals surface area contributed by atoms with Crippen LogP contribution in [0, 0.1) is 0 Å². The largest absolute Gasteiger partial charge is 0.370 e. The maximum Gasteiger partial charge on any atom is 0.254 e. The third-order valence-electron chi connectivity index (χ3n) is 3.26. The Balaban J connectivity index is 2.47. The van der Waals surface area contributed by atoms with Gasteiger partial charge >= 0.3 is 0 Å². The van der Waals surface area contributed by atoms with E-state index in [0.717, 1.165) is 25.1 Å². The van der Waals surface area contributed by atoms with Crippen LogP contribution < -0.4 is 10.5 Å². The minimum atomic E-state index is 0.168. The van der Waals surface area contributed by atoms with E-state index in [1.54, 1.807) is 0 Å². The van der Waals surface area contributed by atoms with E-state index in [1.165, 1.54) is 12.1 Å². The number of hydrogen-bond donors (Lipinski definition) is 0. The standard InChI is InChI=1S/C13H20N2O/c1-4-11-8-12(14-6-5-7-14)9-15(10(2)3)13(11)16/h8-10H,4-7H2,1-3H3. The van der Waals surface area contributed by atoms with E-state index in [-0.39, 0.29) is 11.6 Å². The van der Waals surface area contributed by atoms with Gasteiger partial charge in [-0.3, -0.25) is 4.79 Å². The van der Waals surface area contributed by atoms with Crippen LogP contribution in [0.4, 0.5) is 5.69 Å². The van der Waals surface area contributed by atoms with Crippen LogP contribution in [0.15, 0.2) is 17.1 Å². The summed E-state index contributed by atoms with van der Waals surface area (Å²) in [5.74, 6) is 0. The molecule has 1 aromatic heterocycles. The van der Waals surface area contributed by atoms with E-state index in [1.807, 2.05) is 17.7 Å². The maximum atomic E-state index is 12.1. The van der Waals surface area contributed by atoms with Crippen LogP contribution in [0.1, 0.15) is 38.8 Å². The van der Waals surface area contributed by atoms with Crippen molar-refractivity contribution in [2.75, 3.05) is 18.0 Å². The molecule has 0 aliphatic carbocycles. The molecule has 2 rings (SSSR count). The highest BCUT2D eigenvalue weighted by molar-refractivity contribution is 5.48. The van der Waals surface area contributed by atoms with Crippen LogP contribution in [-0.2, 0) is 6.42 Å². The minimum absolute atomic E-state index is 0.168. The molecule has 1 fully saturated rings. The molecule has 0 N–H and O–H groups in total. The molecule has 0 saturated carbocycles. The van der Waals surface area contributed by atoms with Crippen LogP contribution in [0.25, 0.3) is 0 Å². The highest BCUT2D eigenvalue weighted by Gasteiger charge is 2.17. The van der Waals surface area contributed by atoms with Crippen molar-refractivity contribution in [1.29, 1.82) is 0 Å². The summed E-state index contributed by atoms with van der Waals surface area (Å²) in [6.45, 7) is 8.40. The van der Waals surface area contributed by atoms with Gasteiger partial charge in [0.2, 0.25) is 0 Å². The topological polar surface area (TPSA) is 25.2 Å². The Hall–Kier alpha value is -1.25. The molecular formula is C13H20N2O. The van der Waals surface area contributed by atoms with Crippen molar-refractivity contribution in [2.45, 2.75) is 39.7 Å². The Morgan fingerprint density at radius 1 is 1.38 bits per heavy atom. The monoisotopic (exact) mass is 220 g/mol. The Morgan fingerprint density at radius 2 is 2.06 bits per heavy atom. The van der Waals surface area contributed by atoms with Gasteiger partial charge in [0.05, 0.1) is 5.69 Å². The van der Waals surface area contributed by atoms with Crippen LogP contribution in [0.2, 0.25) is 0 Å². The predicted molar refractivity (Wildman–Crippen MR) is 67.3 cm³/mol. The number of nitrogens with zero attached hydrogens (tertiary/aromatic N) is 2. The van der Waals surface area contributed by atoms with Crippen molar-refractivity contribution in [2.24, 2.45) is 0 Å². The van der Waals surface area contributed by atoms with E-state index in [9.17, 15) is 4.79 Å². The van der Waals surface area contributed by atoms with Crippen LogP contribution in [-0.4, -0.2) is 17.7 Å². The summed E-state index contributed by atoms with van der Waals surface area (Å²) in [5.41, 5.74) is 2.30. The number of anilines is 1. The quantitative estimate of drug-likeness (QED) is 0.780. The molecule has 1 saturated heterocycles. The molecule has 3 nitrogen and oxygen atoms in total. The molecule has 3 heteroatoms. The molecule has 1 aromatic rings. The van der Waals surface area contributed by atoms with Crippen LogP contribution in [0.3, 0.4) is 0 Å². The first-order valence-corrected chi connectivity index (χ1v) is 6.13. The summed E-state index contributed by atoms with van der Waals surface area (Å²) in [6, 6.07) is 2.29. The SMILES string of the molecule is CCc1cc(N2CCC2)cn(C(C)C)c1=O. The van der Waals surface area contributed by atoms with Gasteiger partial charge in [-0.15, -0.1) is 0 Å². The van der Waals surface area contributed by atoms with Crippen LogP contribution >= 0.6 is 0 Å². The Labute approximate surface area is 96.7 Å². The van der Waals surface area contributed by atoms with Gasteiger partial charge in [-0.25, -0.2) is 0 Å².